The van der Waals surface area contributed by atoms with Gasteiger partial charge in [-0.3, -0.25) is 4.90 Å². The first kappa shape index (κ1) is 17.8. The average Bonchev–Trinajstić information content (AvgIpc) is 3.12. The van der Waals surface area contributed by atoms with Gasteiger partial charge in [-0.25, -0.2) is 4.98 Å². The molecular weight excluding hydrogens is 314 g/mol. The number of imidazole rings is 1. The maximum absolute atomic E-state index is 5.90. The van der Waals surface area contributed by atoms with Crippen LogP contribution in [-0.2, 0) is 6.42 Å². The molecule has 1 unspecified atom stereocenters. The maximum Gasteiger partial charge on any atom is 0.119 e. The predicted molar refractivity (Wildman–Crippen MR) is 99.4 cm³/mol. The van der Waals surface area contributed by atoms with Crippen molar-refractivity contribution in [2.75, 3.05) is 32.8 Å². The molecule has 0 aliphatic carbocycles. The lowest BCUT2D eigenvalue weighted by Gasteiger charge is -2.34. The third-order valence-electron chi connectivity index (χ3n) is 4.75. The Kier molecular flexibility index (Phi) is 6.34. The van der Waals surface area contributed by atoms with Crippen LogP contribution in [0.2, 0.25) is 0 Å². The molecule has 0 radical (unpaired) electrons. The van der Waals surface area contributed by atoms with Gasteiger partial charge in [0.2, 0.25) is 0 Å². The number of ether oxygens (including phenoxy) is 2. The highest BCUT2D eigenvalue weighted by Crippen LogP contribution is 2.23. The van der Waals surface area contributed by atoms with Crippen LogP contribution in [-0.4, -0.2) is 47.3 Å². The van der Waals surface area contributed by atoms with Crippen molar-refractivity contribution in [1.82, 2.24) is 14.5 Å². The topological polar surface area (TPSA) is 39.5 Å². The summed E-state index contributed by atoms with van der Waals surface area (Å²) in [6, 6.07) is 8.41. The van der Waals surface area contributed by atoms with E-state index in [0.29, 0.717) is 19.3 Å². The lowest BCUT2D eigenvalue weighted by molar-refractivity contribution is 0.148. The SMILES string of the molecule is CCOc1ccc(OCCN2CCCC(n3ccnc3CC)C2)cc1. The molecule has 0 saturated carbocycles. The van der Waals surface area contributed by atoms with Crippen LogP contribution in [0.25, 0.3) is 0 Å². The second-order valence-electron chi connectivity index (χ2n) is 6.45. The van der Waals surface area contributed by atoms with Gasteiger partial charge in [-0.1, -0.05) is 6.92 Å². The molecule has 5 heteroatoms. The van der Waals surface area contributed by atoms with Gasteiger partial charge in [-0.2, -0.15) is 0 Å². The number of rotatable bonds is 8. The van der Waals surface area contributed by atoms with Crippen LogP contribution in [0.4, 0.5) is 0 Å². The minimum Gasteiger partial charge on any atom is -0.494 e. The first-order chi connectivity index (χ1) is 12.3. The van der Waals surface area contributed by atoms with Crippen LogP contribution in [0.15, 0.2) is 36.7 Å². The lowest BCUT2D eigenvalue weighted by atomic mass is 10.1. The van der Waals surface area contributed by atoms with Crippen molar-refractivity contribution >= 4 is 0 Å². The van der Waals surface area contributed by atoms with E-state index in [-0.39, 0.29) is 0 Å². The Balaban J connectivity index is 1.46. The summed E-state index contributed by atoms with van der Waals surface area (Å²) in [6.45, 7) is 8.75. The van der Waals surface area contributed by atoms with Crippen molar-refractivity contribution in [1.29, 1.82) is 0 Å². The summed E-state index contributed by atoms with van der Waals surface area (Å²) >= 11 is 0. The van der Waals surface area contributed by atoms with E-state index in [0.717, 1.165) is 37.6 Å². The Hall–Kier alpha value is -2.01. The predicted octanol–water partition coefficient (Wildman–Crippen LogP) is 3.56. The molecule has 2 aromatic rings. The molecule has 0 amide bonds. The number of nitrogens with zero attached hydrogens (tertiary/aromatic N) is 3. The van der Waals surface area contributed by atoms with Gasteiger partial charge in [0.25, 0.3) is 0 Å². The number of hydrogen-bond acceptors (Lipinski definition) is 4. The van der Waals surface area contributed by atoms with E-state index in [9.17, 15) is 0 Å². The highest BCUT2D eigenvalue weighted by Gasteiger charge is 2.22. The fourth-order valence-corrected chi connectivity index (χ4v) is 3.50. The summed E-state index contributed by atoms with van der Waals surface area (Å²) in [7, 11) is 0. The first-order valence-corrected chi connectivity index (χ1v) is 9.40. The quantitative estimate of drug-likeness (QED) is 0.735. The van der Waals surface area contributed by atoms with Crippen LogP contribution in [0.3, 0.4) is 0 Å². The number of likely N-dealkylation sites (tertiary alicyclic amines) is 1. The zero-order chi connectivity index (χ0) is 17.5. The van der Waals surface area contributed by atoms with E-state index in [4.69, 9.17) is 9.47 Å². The molecule has 1 atom stereocenters. The average molecular weight is 343 g/mol. The summed E-state index contributed by atoms with van der Waals surface area (Å²) in [6.07, 6.45) is 7.51. The van der Waals surface area contributed by atoms with Gasteiger partial charge in [-0.15, -0.1) is 0 Å². The summed E-state index contributed by atoms with van der Waals surface area (Å²) in [5.41, 5.74) is 0. The number of aromatic nitrogens is 2. The first-order valence-electron chi connectivity index (χ1n) is 9.40. The highest BCUT2D eigenvalue weighted by atomic mass is 16.5. The van der Waals surface area contributed by atoms with Crippen molar-refractivity contribution < 1.29 is 9.47 Å². The van der Waals surface area contributed by atoms with Crippen LogP contribution < -0.4 is 9.47 Å². The van der Waals surface area contributed by atoms with E-state index in [2.05, 4.69) is 27.6 Å². The molecule has 25 heavy (non-hydrogen) atoms. The van der Waals surface area contributed by atoms with Gasteiger partial charge in [0.15, 0.2) is 0 Å². The van der Waals surface area contributed by atoms with Gasteiger partial charge in [-0.05, 0) is 50.6 Å². The second kappa shape index (κ2) is 8.90. The van der Waals surface area contributed by atoms with Crippen molar-refractivity contribution in [3.63, 3.8) is 0 Å². The fraction of sp³-hybridized carbons (Fsp3) is 0.550. The van der Waals surface area contributed by atoms with E-state index in [1.54, 1.807) is 0 Å². The van der Waals surface area contributed by atoms with Crippen molar-refractivity contribution in [3.8, 4) is 11.5 Å². The number of aryl methyl sites for hydroxylation is 1. The van der Waals surface area contributed by atoms with Crippen molar-refractivity contribution in [2.45, 2.75) is 39.2 Å². The summed E-state index contributed by atoms with van der Waals surface area (Å²) in [4.78, 5) is 6.97. The Morgan fingerprint density at radius 3 is 2.60 bits per heavy atom. The molecule has 0 N–H and O–H groups in total. The molecule has 2 heterocycles. The Morgan fingerprint density at radius 2 is 1.88 bits per heavy atom. The van der Waals surface area contributed by atoms with Crippen LogP contribution in [0.5, 0.6) is 11.5 Å². The van der Waals surface area contributed by atoms with Crippen LogP contribution >= 0.6 is 0 Å². The zero-order valence-electron chi connectivity index (χ0n) is 15.4. The van der Waals surface area contributed by atoms with E-state index < -0.39 is 0 Å². The van der Waals surface area contributed by atoms with Gasteiger partial charge in [0.1, 0.15) is 23.9 Å². The molecule has 0 spiro atoms. The molecule has 1 aromatic heterocycles. The Labute approximate surface area is 150 Å². The van der Waals surface area contributed by atoms with Crippen molar-refractivity contribution in [2.24, 2.45) is 0 Å². The highest BCUT2D eigenvalue weighted by molar-refractivity contribution is 5.31. The molecule has 1 aliphatic rings. The van der Waals surface area contributed by atoms with Crippen molar-refractivity contribution in [3.05, 3.63) is 42.5 Å². The van der Waals surface area contributed by atoms with E-state index in [1.165, 1.54) is 18.7 Å². The van der Waals surface area contributed by atoms with E-state index >= 15 is 0 Å². The van der Waals surface area contributed by atoms with Crippen LogP contribution in [0.1, 0.15) is 38.6 Å². The molecule has 1 aromatic carbocycles. The molecular formula is C20H29N3O2. The summed E-state index contributed by atoms with van der Waals surface area (Å²) in [5.74, 6) is 2.98. The normalized spacial score (nSPS) is 18.2. The maximum atomic E-state index is 5.90. The summed E-state index contributed by atoms with van der Waals surface area (Å²) < 4.78 is 13.7. The molecule has 5 nitrogen and oxygen atoms in total. The molecule has 136 valence electrons. The van der Waals surface area contributed by atoms with Gasteiger partial charge >= 0.3 is 0 Å². The second-order valence-corrected chi connectivity index (χ2v) is 6.45. The fourth-order valence-electron chi connectivity index (χ4n) is 3.50. The molecule has 1 fully saturated rings. The van der Waals surface area contributed by atoms with E-state index in [1.807, 2.05) is 37.4 Å². The smallest absolute Gasteiger partial charge is 0.119 e. The largest absolute Gasteiger partial charge is 0.494 e. The van der Waals surface area contributed by atoms with Gasteiger partial charge in [0.05, 0.1) is 6.61 Å². The number of hydrogen-bond donors (Lipinski definition) is 0. The standard InChI is InChI=1S/C20H29N3O2/c1-3-20-21-11-13-23(20)17-6-5-12-22(16-17)14-15-25-19-9-7-18(8-10-19)24-4-2/h7-11,13,17H,3-6,12,14-16H2,1-2H3. The third kappa shape index (κ3) is 4.75. The zero-order valence-corrected chi connectivity index (χ0v) is 15.4. The lowest BCUT2D eigenvalue weighted by Crippen LogP contribution is -2.39. The number of piperidine rings is 1. The van der Waals surface area contributed by atoms with Gasteiger partial charge in [0, 0.05) is 37.9 Å². The Morgan fingerprint density at radius 1 is 1.12 bits per heavy atom. The monoisotopic (exact) mass is 343 g/mol. The molecule has 3 rings (SSSR count). The van der Waals surface area contributed by atoms with Crippen LogP contribution in [0, 0.1) is 0 Å². The minimum atomic E-state index is 0.539. The molecule has 0 bridgehead atoms. The minimum absolute atomic E-state index is 0.539. The number of benzene rings is 1. The molecule has 1 aliphatic heterocycles. The van der Waals surface area contributed by atoms with Gasteiger partial charge < -0.3 is 14.0 Å². The third-order valence-corrected chi connectivity index (χ3v) is 4.75. The molecule has 1 saturated heterocycles. The summed E-state index contributed by atoms with van der Waals surface area (Å²) in [5, 5.41) is 0. The Bertz CT molecular complexity index is 639.